The molecular formula is C27H27F2N5O5. The van der Waals surface area contributed by atoms with Gasteiger partial charge in [0, 0.05) is 43.1 Å². The van der Waals surface area contributed by atoms with Crippen molar-refractivity contribution in [3.05, 3.63) is 54.2 Å². The molecule has 2 amide bonds. The van der Waals surface area contributed by atoms with Crippen LogP contribution in [0.15, 0.2) is 51.8 Å². The highest BCUT2D eigenvalue weighted by molar-refractivity contribution is 5.96. The van der Waals surface area contributed by atoms with Crippen LogP contribution in [0.5, 0.6) is 0 Å². The molecule has 5 rings (SSSR count). The number of carbonyl (C=O) groups excluding carboxylic acids is 2. The Kier molecular flexibility index (Phi) is 6.79. The van der Waals surface area contributed by atoms with Crippen molar-refractivity contribution in [3.8, 4) is 22.7 Å². The number of furan rings is 1. The van der Waals surface area contributed by atoms with E-state index in [9.17, 15) is 18.4 Å². The van der Waals surface area contributed by atoms with Crippen molar-refractivity contribution >= 4 is 23.0 Å². The number of rotatable bonds is 5. The van der Waals surface area contributed by atoms with Gasteiger partial charge in [-0.15, -0.1) is 10.2 Å². The summed E-state index contributed by atoms with van der Waals surface area (Å²) in [6.45, 7) is 5.43. The third kappa shape index (κ3) is 6.05. The van der Waals surface area contributed by atoms with Crippen molar-refractivity contribution in [1.29, 1.82) is 0 Å². The minimum atomic E-state index is -2.73. The van der Waals surface area contributed by atoms with Gasteiger partial charge in [0.25, 0.3) is 17.7 Å². The summed E-state index contributed by atoms with van der Waals surface area (Å²) in [4.78, 5) is 30.7. The lowest BCUT2D eigenvalue weighted by Crippen LogP contribution is -2.42. The highest BCUT2D eigenvalue weighted by atomic mass is 19.3. The summed E-state index contributed by atoms with van der Waals surface area (Å²) in [6, 6.07) is 8.72. The van der Waals surface area contributed by atoms with Crippen LogP contribution < -0.4 is 5.32 Å². The predicted octanol–water partition coefficient (Wildman–Crippen LogP) is 5.44. The van der Waals surface area contributed by atoms with Gasteiger partial charge in [0.05, 0.1) is 23.4 Å². The lowest BCUT2D eigenvalue weighted by Gasteiger charge is -2.31. The van der Waals surface area contributed by atoms with Crippen molar-refractivity contribution in [2.75, 3.05) is 13.1 Å². The average Bonchev–Trinajstić information content (AvgIpc) is 3.56. The number of alkyl carbamates (subject to hydrolysis) is 1. The van der Waals surface area contributed by atoms with E-state index in [1.807, 2.05) is 6.07 Å². The standard InChI is InChI=1S/C27H27F2N5O5/c1-26(2,3)39-25(36)31-14-19-11-18-10-17(12-20(22(18)38-19)23-33-32-15-37-23)21-5-4-16(13-30-21)24(35)34-8-6-27(28,29)7-9-34/h4-5,10-13,15H,6-9,14H2,1-3H3,(H,31,36). The molecule has 4 heterocycles. The van der Waals surface area contributed by atoms with Gasteiger partial charge in [-0.1, -0.05) is 0 Å². The van der Waals surface area contributed by atoms with Crippen LogP contribution in [0.1, 0.15) is 49.7 Å². The van der Waals surface area contributed by atoms with Crippen LogP contribution in [-0.4, -0.2) is 56.7 Å². The van der Waals surface area contributed by atoms with Crippen molar-refractivity contribution in [2.24, 2.45) is 0 Å². The van der Waals surface area contributed by atoms with E-state index in [-0.39, 0.29) is 44.3 Å². The third-order valence-electron chi connectivity index (χ3n) is 6.15. The molecule has 1 N–H and O–H groups in total. The number of hydrogen-bond donors (Lipinski definition) is 1. The molecule has 1 aliphatic rings. The number of piperidine rings is 1. The molecule has 0 saturated carbocycles. The molecule has 1 aromatic carbocycles. The number of ether oxygens (including phenoxy) is 1. The average molecular weight is 540 g/mol. The lowest BCUT2D eigenvalue weighted by atomic mass is 10.0. The Hall–Kier alpha value is -4.35. The first-order valence-corrected chi connectivity index (χ1v) is 12.4. The van der Waals surface area contributed by atoms with Gasteiger partial charge in [0.2, 0.25) is 6.39 Å². The Morgan fingerprint density at radius 3 is 2.56 bits per heavy atom. The van der Waals surface area contributed by atoms with E-state index in [1.54, 1.807) is 45.0 Å². The first-order chi connectivity index (χ1) is 18.5. The highest BCUT2D eigenvalue weighted by Gasteiger charge is 2.35. The number of aromatic nitrogens is 3. The molecule has 0 atom stereocenters. The number of benzene rings is 1. The zero-order valence-corrected chi connectivity index (χ0v) is 21.7. The van der Waals surface area contributed by atoms with Crippen molar-refractivity contribution in [3.63, 3.8) is 0 Å². The normalized spacial score (nSPS) is 15.4. The molecule has 10 nitrogen and oxygen atoms in total. The zero-order valence-electron chi connectivity index (χ0n) is 21.7. The molecule has 1 aliphatic heterocycles. The number of nitrogens with zero attached hydrogens (tertiary/aromatic N) is 4. The quantitative estimate of drug-likeness (QED) is 0.356. The fourth-order valence-corrected chi connectivity index (χ4v) is 4.27. The number of alkyl halides is 2. The molecule has 204 valence electrons. The maximum atomic E-state index is 13.5. The summed E-state index contributed by atoms with van der Waals surface area (Å²) in [7, 11) is 0. The number of nitrogens with one attached hydrogen (secondary N) is 1. The Morgan fingerprint density at radius 1 is 1.15 bits per heavy atom. The van der Waals surface area contributed by atoms with Crippen LogP contribution in [0.25, 0.3) is 33.7 Å². The second kappa shape index (κ2) is 10.1. The van der Waals surface area contributed by atoms with E-state index in [2.05, 4.69) is 20.5 Å². The Labute approximate surface area is 222 Å². The van der Waals surface area contributed by atoms with Crippen molar-refractivity contribution in [1.82, 2.24) is 25.4 Å². The van der Waals surface area contributed by atoms with E-state index in [1.165, 1.54) is 17.5 Å². The molecular weight excluding hydrogens is 512 g/mol. The summed E-state index contributed by atoms with van der Waals surface area (Å²) in [5.74, 6) is -2.35. The van der Waals surface area contributed by atoms with Gasteiger partial charge in [0.15, 0.2) is 0 Å². The number of halogens is 2. The van der Waals surface area contributed by atoms with Gasteiger partial charge in [-0.3, -0.25) is 9.78 Å². The number of amides is 2. The molecule has 3 aromatic heterocycles. The van der Waals surface area contributed by atoms with Gasteiger partial charge in [-0.05, 0) is 51.1 Å². The van der Waals surface area contributed by atoms with E-state index in [0.717, 1.165) is 0 Å². The van der Waals surface area contributed by atoms with Crippen LogP contribution in [0.4, 0.5) is 13.6 Å². The molecule has 4 aromatic rings. The molecule has 1 fully saturated rings. The van der Waals surface area contributed by atoms with Crippen molar-refractivity contribution in [2.45, 2.75) is 51.7 Å². The fraction of sp³-hybridized carbons (Fsp3) is 0.370. The number of fused-ring (bicyclic) bond motifs is 1. The maximum absolute atomic E-state index is 13.5. The van der Waals surface area contributed by atoms with Crippen LogP contribution in [-0.2, 0) is 11.3 Å². The van der Waals surface area contributed by atoms with E-state index in [4.69, 9.17) is 13.6 Å². The van der Waals surface area contributed by atoms with Gasteiger partial charge >= 0.3 is 6.09 Å². The fourth-order valence-electron chi connectivity index (χ4n) is 4.27. The number of pyridine rings is 1. The number of hydrogen-bond acceptors (Lipinski definition) is 8. The topological polar surface area (TPSA) is 124 Å². The van der Waals surface area contributed by atoms with Crippen LogP contribution in [0, 0.1) is 0 Å². The van der Waals surface area contributed by atoms with E-state index >= 15 is 0 Å². The molecule has 1 saturated heterocycles. The Morgan fingerprint density at radius 2 is 1.92 bits per heavy atom. The lowest BCUT2D eigenvalue weighted by molar-refractivity contribution is -0.0494. The second-order valence-corrected chi connectivity index (χ2v) is 10.3. The Balaban J connectivity index is 1.40. The van der Waals surface area contributed by atoms with E-state index < -0.39 is 17.6 Å². The largest absolute Gasteiger partial charge is 0.458 e. The molecule has 39 heavy (non-hydrogen) atoms. The van der Waals surface area contributed by atoms with Crippen LogP contribution >= 0.6 is 0 Å². The molecule has 0 unspecified atom stereocenters. The maximum Gasteiger partial charge on any atom is 0.408 e. The molecule has 0 spiro atoms. The summed E-state index contributed by atoms with van der Waals surface area (Å²) < 4.78 is 43.6. The first-order valence-electron chi connectivity index (χ1n) is 12.4. The zero-order chi connectivity index (χ0) is 27.8. The molecule has 0 radical (unpaired) electrons. The summed E-state index contributed by atoms with van der Waals surface area (Å²) in [5.41, 5.74) is 1.96. The smallest absolute Gasteiger partial charge is 0.408 e. The summed E-state index contributed by atoms with van der Waals surface area (Å²) in [5, 5.41) is 11.1. The minimum absolute atomic E-state index is 0.00338. The van der Waals surface area contributed by atoms with Gasteiger partial charge in [-0.2, -0.15) is 0 Å². The summed E-state index contributed by atoms with van der Waals surface area (Å²) in [6.07, 6.45) is 1.38. The molecule has 0 aliphatic carbocycles. The minimum Gasteiger partial charge on any atom is -0.458 e. The van der Waals surface area contributed by atoms with E-state index in [0.29, 0.717) is 39.1 Å². The highest BCUT2D eigenvalue weighted by Crippen LogP contribution is 2.35. The predicted molar refractivity (Wildman–Crippen MR) is 136 cm³/mol. The molecule has 0 bridgehead atoms. The first kappa shape index (κ1) is 26.3. The molecule has 12 heteroatoms. The van der Waals surface area contributed by atoms with Crippen molar-refractivity contribution < 1.29 is 31.9 Å². The van der Waals surface area contributed by atoms with Gasteiger partial charge in [0.1, 0.15) is 16.9 Å². The van der Waals surface area contributed by atoms with Gasteiger partial charge in [-0.25, -0.2) is 13.6 Å². The van der Waals surface area contributed by atoms with Crippen LogP contribution in [0.2, 0.25) is 0 Å². The number of carbonyl (C=O) groups is 2. The number of likely N-dealkylation sites (tertiary alicyclic amines) is 1. The monoisotopic (exact) mass is 539 g/mol. The summed E-state index contributed by atoms with van der Waals surface area (Å²) >= 11 is 0. The van der Waals surface area contributed by atoms with Gasteiger partial charge < -0.3 is 23.8 Å². The Bertz CT molecular complexity index is 1480. The van der Waals surface area contributed by atoms with Crippen LogP contribution in [0.3, 0.4) is 0 Å². The third-order valence-corrected chi connectivity index (χ3v) is 6.15. The second-order valence-electron chi connectivity index (χ2n) is 10.3. The SMILES string of the molecule is CC(C)(C)OC(=O)NCc1cc2cc(-c3ccc(C(=O)N4CCC(F)(F)CC4)cn3)cc(-c3nnco3)c2o1.